The molecule has 0 aliphatic rings. The van der Waals surface area contributed by atoms with Crippen molar-refractivity contribution in [3.05, 3.63) is 0 Å². The minimum atomic E-state index is -1.13. The molecule has 0 rings (SSSR count). The lowest BCUT2D eigenvalue weighted by Crippen LogP contribution is -2.53. The average molecular weight is 303 g/mol. The third kappa shape index (κ3) is 8.23. The molecule has 0 aromatic heterocycles. The van der Waals surface area contributed by atoms with Gasteiger partial charge in [0.1, 0.15) is 12.1 Å². The summed E-state index contributed by atoms with van der Waals surface area (Å²) in [6.45, 7) is 0.379. The van der Waals surface area contributed by atoms with Crippen molar-refractivity contribution in [2.75, 3.05) is 19.6 Å². The lowest BCUT2D eigenvalue weighted by Gasteiger charge is -2.20. The Labute approximate surface area is 123 Å². The van der Waals surface area contributed by atoms with E-state index in [2.05, 4.69) is 10.6 Å². The molecular formula is C12H25N5O4. The van der Waals surface area contributed by atoms with Crippen molar-refractivity contribution >= 4 is 17.8 Å². The minimum absolute atomic E-state index is 0.174. The predicted molar refractivity (Wildman–Crippen MR) is 77.1 cm³/mol. The molecule has 0 saturated carbocycles. The number of nitrogens with two attached hydrogens (primary N) is 3. The van der Waals surface area contributed by atoms with E-state index in [9.17, 15) is 14.4 Å². The lowest BCUT2D eigenvalue weighted by molar-refractivity contribution is -0.142. The molecule has 0 heterocycles. The molecule has 2 amide bonds. The number of carbonyl (C=O) groups is 3. The standard InChI is InChI=1S/C12H25N5O4/c13-5-2-1-3-9(12(20)21)17-11(19)8(4-6-14)16-10(18)7-15/h8-9H,1-7,13-15H2,(H,16,18)(H,17,19)(H,20,21)/t8?,9-/m0/s1. The molecule has 9 heteroatoms. The van der Waals surface area contributed by atoms with Crippen LogP contribution in [0.1, 0.15) is 25.7 Å². The van der Waals surface area contributed by atoms with E-state index in [0.29, 0.717) is 19.4 Å². The number of hydrogen-bond donors (Lipinski definition) is 6. The first kappa shape index (κ1) is 19.3. The molecule has 122 valence electrons. The molecule has 0 aromatic rings. The molecule has 0 aromatic carbocycles. The molecule has 9 nitrogen and oxygen atoms in total. The zero-order valence-electron chi connectivity index (χ0n) is 12.0. The van der Waals surface area contributed by atoms with E-state index in [-0.39, 0.29) is 25.9 Å². The summed E-state index contributed by atoms with van der Waals surface area (Å²) in [7, 11) is 0. The van der Waals surface area contributed by atoms with Crippen molar-refractivity contribution in [1.29, 1.82) is 0 Å². The average Bonchev–Trinajstić information content (AvgIpc) is 2.45. The van der Waals surface area contributed by atoms with Gasteiger partial charge in [-0.2, -0.15) is 0 Å². The van der Waals surface area contributed by atoms with Gasteiger partial charge in [0.2, 0.25) is 11.8 Å². The molecular weight excluding hydrogens is 278 g/mol. The summed E-state index contributed by atoms with van der Waals surface area (Å²) < 4.78 is 0. The minimum Gasteiger partial charge on any atom is -0.480 e. The van der Waals surface area contributed by atoms with Crippen molar-refractivity contribution in [2.45, 2.75) is 37.8 Å². The van der Waals surface area contributed by atoms with Crippen LogP contribution in [0.2, 0.25) is 0 Å². The summed E-state index contributed by atoms with van der Waals surface area (Å²) in [6, 6.07) is -1.90. The molecule has 0 bridgehead atoms. The van der Waals surface area contributed by atoms with Gasteiger partial charge in [0.05, 0.1) is 6.54 Å². The Bertz CT molecular complexity index is 351. The van der Waals surface area contributed by atoms with E-state index in [1.807, 2.05) is 0 Å². The number of hydrogen-bond acceptors (Lipinski definition) is 6. The maximum absolute atomic E-state index is 12.0. The van der Waals surface area contributed by atoms with E-state index in [1.165, 1.54) is 0 Å². The Morgan fingerprint density at radius 2 is 1.57 bits per heavy atom. The van der Waals surface area contributed by atoms with Gasteiger partial charge in [0.25, 0.3) is 0 Å². The number of carbonyl (C=O) groups excluding carboxylic acids is 2. The van der Waals surface area contributed by atoms with E-state index >= 15 is 0 Å². The molecule has 9 N–H and O–H groups in total. The van der Waals surface area contributed by atoms with E-state index < -0.39 is 29.9 Å². The molecule has 0 aliphatic heterocycles. The first-order chi connectivity index (χ1) is 9.96. The fraction of sp³-hybridized carbons (Fsp3) is 0.750. The molecule has 0 radical (unpaired) electrons. The zero-order chi connectivity index (χ0) is 16.3. The van der Waals surface area contributed by atoms with E-state index in [1.54, 1.807) is 0 Å². The Kier molecular flexibility index (Phi) is 10.1. The Morgan fingerprint density at radius 3 is 2.05 bits per heavy atom. The van der Waals surface area contributed by atoms with Crippen LogP contribution >= 0.6 is 0 Å². The number of unbranched alkanes of at least 4 members (excludes halogenated alkanes) is 1. The smallest absolute Gasteiger partial charge is 0.326 e. The lowest BCUT2D eigenvalue weighted by atomic mass is 10.1. The third-order valence-corrected chi connectivity index (χ3v) is 2.85. The van der Waals surface area contributed by atoms with Crippen molar-refractivity contribution in [2.24, 2.45) is 17.2 Å². The summed E-state index contributed by atoms with van der Waals surface area (Å²) in [5.41, 5.74) is 15.9. The molecule has 2 atom stereocenters. The van der Waals surface area contributed by atoms with Crippen LogP contribution in [0, 0.1) is 0 Å². The Balaban J connectivity index is 4.58. The van der Waals surface area contributed by atoms with Gasteiger partial charge in [-0.15, -0.1) is 0 Å². The van der Waals surface area contributed by atoms with Crippen LogP contribution < -0.4 is 27.8 Å². The van der Waals surface area contributed by atoms with Gasteiger partial charge in [-0.3, -0.25) is 9.59 Å². The number of carboxylic acid groups (broad SMARTS) is 1. The van der Waals surface area contributed by atoms with Crippen LogP contribution in [-0.4, -0.2) is 54.6 Å². The summed E-state index contributed by atoms with van der Waals surface area (Å²) in [5, 5.41) is 13.9. The summed E-state index contributed by atoms with van der Waals surface area (Å²) in [4.78, 5) is 34.4. The first-order valence-corrected chi connectivity index (χ1v) is 6.89. The molecule has 0 spiro atoms. The topological polar surface area (TPSA) is 174 Å². The van der Waals surface area contributed by atoms with Crippen LogP contribution in [0.25, 0.3) is 0 Å². The van der Waals surface area contributed by atoms with Crippen LogP contribution in [0.3, 0.4) is 0 Å². The normalized spacial score (nSPS) is 13.3. The monoisotopic (exact) mass is 303 g/mol. The second-order valence-electron chi connectivity index (χ2n) is 4.59. The summed E-state index contributed by atoms with van der Waals surface area (Å²) in [6.07, 6.45) is 1.74. The van der Waals surface area contributed by atoms with Gasteiger partial charge in [-0.25, -0.2) is 4.79 Å². The Hall–Kier alpha value is -1.71. The highest BCUT2D eigenvalue weighted by Gasteiger charge is 2.25. The van der Waals surface area contributed by atoms with E-state index in [0.717, 1.165) is 0 Å². The second-order valence-corrected chi connectivity index (χ2v) is 4.59. The van der Waals surface area contributed by atoms with Gasteiger partial charge in [-0.05, 0) is 38.8 Å². The fourth-order valence-corrected chi connectivity index (χ4v) is 1.71. The first-order valence-electron chi connectivity index (χ1n) is 6.89. The fourth-order valence-electron chi connectivity index (χ4n) is 1.71. The van der Waals surface area contributed by atoms with Gasteiger partial charge in [0, 0.05) is 0 Å². The van der Waals surface area contributed by atoms with Crippen molar-refractivity contribution in [3.8, 4) is 0 Å². The molecule has 0 saturated heterocycles. The zero-order valence-corrected chi connectivity index (χ0v) is 12.0. The number of aliphatic carboxylic acids is 1. The Morgan fingerprint density at radius 1 is 0.905 bits per heavy atom. The maximum atomic E-state index is 12.0. The highest BCUT2D eigenvalue weighted by Crippen LogP contribution is 2.02. The van der Waals surface area contributed by atoms with Gasteiger partial charge in [-0.1, -0.05) is 0 Å². The van der Waals surface area contributed by atoms with Crippen molar-refractivity contribution < 1.29 is 19.5 Å². The van der Waals surface area contributed by atoms with Gasteiger partial charge >= 0.3 is 5.97 Å². The number of carboxylic acids is 1. The highest BCUT2D eigenvalue weighted by atomic mass is 16.4. The van der Waals surface area contributed by atoms with Crippen LogP contribution in [0.15, 0.2) is 0 Å². The molecule has 0 fully saturated rings. The molecule has 0 aliphatic carbocycles. The number of nitrogens with one attached hydrogen (secondary N) is 2. The largest absolute Gasteiger partial charge is 0.480 e. The highest BCUT2D eigenvalue weighted by molar-refractivity contribution is 5.90. The third-order valence-electron chi connectivity index (χ3n) is 2.85. The molecule has 1 unspecified atom stereocenters. The van der Waals surface area contributed by atoms with Crippen molar-refractivity contribution in [1.82, 2.24) is 10.6 Å². The predicted octanol–water partition coefficient (Wildman–Crippen LogP) is -2.52. The number of rotatable bonds is 11. The summed E-state index contributed by atoms with van der Waals surface area (Å²) in [5.74, 6) is -2.21. The second kappa shape index (κ2) is 11.0. The van der Waals surface area contributed by atoms with Crippen LogP contribution in [0.5, 0.6) is 0 Å². The molecule has 21 heavy (non-hydrogen) atoms. The number of amides is 2. The van der Waals surface area contributed by atoms with Gasteiger partial charge < -0.3 is 32.9 Å². The van der Waals surface area contributed by atoms with E-state index in [4.69, 9.17) is 22.3 Å². The summed E-state index contributed by atoms with van der Waals surface area (Å²) >= 11 is 0. The quantitative estimate of drug-likeness (QED) is 0.228. The maximum Gasteiger partial charge on any atom is 0.326 e. The van der Waals surface area contributed by atoms with Crippen molar-refractivity contribution in [3.63, 3.8) is 0 Å². The SMILES string of the molecule is NCCCC[C@H](NC(=O)C(CCN)NC(=O)CN)C(=O)O. The van der Waals surface area contributed by atoms with Gasteiger partial charge in [0.15, 0.2) is 0 Å². The van der Waals surface area contributed by atoms with Crippen LogP contribution in [-0.2, 0) is 14.4 Å². The van der Waals surface area contributed by atoms with Crippen LogP contribution in [0.4, 0.5) is 0 Å².